The van der Waals surface area contributed by atoms with Gasteiger partial charge in [-0.25, -0.2) is 0 Å². The molecule has 2 N–H and O–H groups in total. The fourth-order valence-corrected chi connectivity index (χ4v) is 2.63. The molecule has 4 nitrogen and oxygen atoms in total. The Hall–Kier alpha value is -1.05. The van der Waals surface area contributed by atoms with Gasteiger partial charge in [0.05, 0.1) is 6.04 Å². The molecule has 108 valence electrons. The number of carbonyl (C=O) groups excluding carboxylic acids is 1. The highest BCUT2D eigenvalue weighted by atomic mass is 16.2. The van der Waals surface area contributed by atoms with E-state index in [1.807, 2.05) is 4.90 Å². The maximum atomic E-state index is 12.0. The Morgan fingerprint density at radius 1 is 1.42 bits per heavy atom. The maximum Gasteiger partial charge on any atom is 0.240 e. The molecule has 0 aromatic carbocycles. The van der Waals surface area contributed by atoms with Crippen molar-refractivity contribution in [3.8, 4) is 12.3 Å². The molecule has 1 atom stereocenters. The molecule has 1 fully saturated rings. The zero-order valence-electron chi connectivity index (χ0n) is 12.3. The fourth-order valence-electron chi connectivity index (χ4n) is 2.63. The summed E-state index contributed by atoms with van der Waals surface area (Å²) >= 11 is 0. The summed E-state index contributed by atoms with van der Waals surface area (Å²) in [4.78, 5) is 16.4. The molecule has 0 aliphatic carbocycles. The minimum Gasteiger partial charge on any atom is -0.341 e. The number of amides is 1. The monoisotopic (exact) mass is 265 g/mol. The Balaban J connectivity index is 2.36. The molecule has 0 saturated carbocycles. The summed E-state index contributed by atoms with van der Waals surface area (Å²) in [5.74, 6) is 3.17. The average Bonchev–Trinajstić information content (AvgIpc) is 2.45. The molecular formula is C15H27N3O. The number of hydrogen-bond acceptors (Lipinski definition) is 3. The van der Waals surface area contributed by atoms with Crippen molar-refractivity contribution < 1.29 is 4.79 Å². The van der Waals surface area contributed by atoms with Crippen molar-refractivity contribution in [3.63, 3.8) is 0 Å². The predicted molar refractivity (Wildman–Crippen MR) is 78.5 cm³/mol. The molecule has 0 aromatic heterocycles. The van der Waals surface area contributed by atoms with Gasteiger partial charge in [0.2, 0.25) is 5.91 Å². The van der Waals surface area contributed by atoms with Gasteiger partial charge in [0.1, 0.15) is 0 Å². The first-order chi connectivity index (χ1) is 9.12. The summed E-state index contributed by atoms with van der Waals surface area (Å²) in [6, 6.07) is -0.524. The lowest BCUT2D eigenvalue weighted by molar-refractivity contribution is -0.133. The molecule has 1 saturated heterocycles. The molecule has 19 heavy (non-hydrogen) atoms. The van der Waals surface area contributed by atoms with Crippen LogP contribution in [0.3, 0.4) is 0 Å². The molecule has 0 spiro atoms. The number of nitrogens with two attached hydrogens (primary N) is 1. The lowest BCUT2D eigenvalue weighted by Gasteiger charge is -2.35. The van der Waals surface area contributed by atoms with Crippen LogP contribution >= 0.6 is 0 Å². The van der Waals surface area contributed by atoms with E-state index in [9.17, 15) is 4.79 Å². The molecule has 1 rings (SSSR count). The van der Waals surface area contributed by atoms with Gasteiger partial charge in [0.25, 0.3) is 0 Å². The smallest absolute Gasteiger partial charge is 0.240 e. The van der Waals surface area contributed by atoms with Gasteiger partial charge in [0, 0.05) is 26.1 Å². The van der Waals surface area contributed by atoms with E-state index in [1.54, 1.807) is 0 Å². The quantitative estimate of drug-likeness (QED) is 0.727. The number of piperidine rings is 1. The lowest BCUT2D eigenvalue weighted by atomic mass is 9.95. The minimum absolute atomic E-state index is 0.0132. The van der Waals surface area contributed by atoms with Crippen LogP contribution in [-0.2, 0) is 4.79 Å². The number of hydrogen-bond donors (Lipinski definition) is 1. The third-order valence-electron chi connectivity index (χ3n) is 3.99. The highest BCUT2D eigenvalue weighted by Gasteiger charge is 2.26. The van der Waals surface area contributed by atoms with Crippen LogP contribution in [0, 0.1) is 18.3 Å². The normalized spacial score (nSPS) is 18.4. The average molecular weight is 265 g/mol. The summed E-state index contributed by atoms with van der Waals surface area (Å²) < 4.78 is 0. The van der Waals surface area contributed by atoms with Crippen molar-refractivity contribution in [1.82, 2.24) is 9.80 Å². The molecule has 1 heterocycles. The van der Waals surface area contributed by atoms with Gasteiger partial charge in [0.15, 0.2) is 0 Å². The standard InChI is InChI=1S/C15H27N3O/c1-4-7-14(16)15(19)18-10-8-13(9-11-18)12-17(5-2)6-3/h1,13-14H,5-12,16H2,2-3H3. The Kier molecular flexibility index (Phi) is 6.90. The van der Waals surface area contributed by atoms with Crippen LogP contribution in [0.25, 0.3) is 0 Å². The zero-order chi connectivity index (χ0) is 14.3. The SMILES string of the molecule is C#CCC(N)C(=O)N1CCC(CN(CC)CC)CC1. The number of likely N-dealkylation sites (tertiary alicyclic amines) is 1. The van der Waals surface area contributed by atoms with E-state index in [1.165, 1.54) is 0 Å². The Morgan fingerprint density at radius 3 is 2.47 bits per heavy atom. The molecular weight excluding hydrogens is 238 g/mol. The largest absolute Gasteiger partial charge is 0.341 e. The Bertz CT molecular complexity index is 312. The summed E-state index contributed by atoms with van der Waals surface area (Å²) in [6.07, 6.45) is 7.68. The van der Waals surface area contributed by atoms with Crippen LogP contribution < -0.4 is 5.73 Å². The van der Waals surface area contributed by atoms with E-state index in [0.29, 0.717) is 12.3 Å². The molecule has 0 aromatic rings. The predicted octanol–water partition coefficient (Wildman–Crippen LogP) is 0.917. The lowest BCUT2D eigenvalue weighted by Crippen LogP contribution is -2.48. The van der Waals surface area contributed by atoms with Crippen LogP contribution in [0.15, 0.2) is 0 Å². The Morgan fingerprint density at radius 2 is 2.00 bits per heavy atom. The summed E-state index contributed by atoms with van der Waals surface area (Å²) in [5.41, 5.74) is 5.78. The van der Waals surface area contributed by atoms with Crippen LogP contribution in [0.5, 0.6) is 0 Å². The summed E-state index contributed by atoms with van der Waals surface area (Å²) in [5, 5.41) is 0. The molecule has 1 unspecified atom stereocenters. The minimum atomic E-state index is -0.524. The topological polar surface area (TPSA) is 49.6 Å². The van der Waals surface area contributed by atoms with E-state index in [4.69, 9.17) is 12.2 Å². The molecule has 1 amide bonds. The third kappa shape index (κ3) is 4.85. The third-order valence-corrected chi connectivity index (χ3v) is 3.99. The van der Waals surface area contributed by atoms with E-state index in [2.05, 4.69) is 24.7 Å². The molecule has 4 heteroatoms. The van der Waals surface area contributed by atoms with E-state index in [0.717, 1.165) is 45.6 Å². The highest BCUT2D eigenvalue weighted by molar-refractivity contribution is 5.82. The zero-order valence-corrected chi connectivity index (χ0v) is 12.3. The fraction of sp³-hybridized carbons (Fsp3) is 0.800. The van der Waals surface area contributed by atoms with Crippen LogP contribution in [0.4, 0.5) is 0 Å². The first-order valence-corrected chi connectivity index (χ1v) is 7.32. The van der Waals surface area contributed by atoms with Crippen molar-refractivity contribution in [2.45, 2.75) is 39.2 Å². The van der Waals surface area contributed by atoms with Gasteiger partial charge in [-0.1, -0.05) is 13.8 Å². The number of nitrogens with zero attached hydrogens (tertiary/aromatic N) is 2. The van der Waals surface area contributed by atoms with Gasteiger partial charge in [-0.15, -0.1) is 12.3 Å². The second-order valence-electron chi connectivity index (χ2n) is 5.27. The summed E-state index contributed by atoms with van der Waals surface area (Å²) in [6.45, 7) is 9.38. The van der Waals surface area contributed by atoms with Crippen LogP contribution in [-0.4, -0.2) is 54.5 Å². The Labute approximate surface area is 117 Å². The summed E-state index contributed by atoms with van der Waals surface area (Å²) in [7, 11) is 0. The van der Waals surface area contributed by atoms with Crippen molar-refractivity contribution in [3.05, 3.63) is 0 Å². The van der Waals surface area contributed by atoms with Crippen LogP contribution in [0.2, 0.25) is 0 Å². The molecule has 0 radical (unpaired) electrons. The van der Waals surface area contributed by atoms with Gasteiger partial charge in [-0.3, -0.25) is 4.79 Å². The molecule has 0 bridgehead atoms. The van der Waals surface area contributed by atoms with Crippen molar-refractivity contribution >= 4 is 5.91 Å². The first-order valence-electron chi connectivity index (χ1n) is 7.32. The number of rotatable bonds is 6. The van der Waals surface area contributed by atoms with E-state index < -0.39 is 6.04 Å². The van der Waals surface area contributed by atoms with Gasteiger partial charge in [-0.05, 0) is 31.8 Å². The van der Waals surface area contributed by atoms with Gasteiger partial charge >= 0.3 is 0 Å². The van der Waals surface area contributed by atoms with Crippen molar-refractivity contribution in [1.29, 1.82) is 0 Å². The first kappa shape index (κ1) is 16.0. The molecule has 1 aliphatic heterocycles. The number of terminal acetylenes is 1. The molecule has 1 aliphatic rings. The van der Waals surface area contributed by atoms with Crippen LogP contribution in [0.1, 0.15) is 33.1 Å². The van der Waals surface area contributed by atoms with Gasteiger partial charge < -0.3 is 15.5 Å². The number of carbonyl (C=O) groups is 1. The van der Waals surface area contributed by atoms with E-state index >= 15 is 0 Å². The second kappa shape index (κ2) is 8.19. The maximum absolute atomic E-state index is 12.0. The highest BCUT2D eigenvalue weighted by Crippen LogP contribution is 2.19. The second-order valence-corrected chi connectivity index (χ2v) is 5.27. The van der Waals surface area contributed by atoms with Crippen molar-refractivity contribution in [2.75, 3.05) is 32.7 Å². The van der Waals surface area contributed by atoms with Crippen molar-refractivity contribution in [2.24, 2.45) is 11.7 Å². The van der Waals surface area contributed by atoms with Gasteiger partial charge in [-0.2, -0.15) is 0 Å². The van der Waals surface area contributed by atoms with E-state index in [-0.39, 0.29) is 5.91 Å².